The van der Waals surface area contributed by atoms with Crippen molar-refractivity contribution in [2.75, 3.05) is 37.7 Å². The average molecular weight is 468 g/mol. The van der Waals surface area contributed by atoms with Crippen LogP contribution in [-0.2, 0) is 21.2 Å². The fourth-order valence-electron chi connectivity index (χ4n) is 4.70. The summed E-state index contributed by atoms with van der Waals surface area (Å²) in [4.78, 5) is 30.6. The van der Waals surface area contributed by atoms with E-state index in [0.29, 0.717) is 30.7 Å². The molecule has 1 N–H and O–H groups in total. The van der Waals surface area contributed by atoms with Crippen LogP contribution in [0.4, 0.5) is 5.69 Å². The summed E-state index contributed by atoms with van der Waals surface area (Å²) in [6, 6.07) is 11.7. The summed E-state index contributed by atoms with van der Waals surface area (Å²) >= 11 is 0. The van der Waals surface area contributed by atoms with Gasteiger partial charge in [-0.1, -0.05) is 18.2 Å². The van der Waals surface area contributed by atoms with Crippen LogP contribution in [0.5, 0.6) is 0 Å². The normalized spacial score (nSPS) is 17.2. The molecule has 1 amide bonds. The predicted octanol–water partition coefficient (Wildman–Crippen LogP) is 2.45. The monoisotopic (exact) mass is 467 g/mol. The first kappa shape index (κ1) is 21.8. The average Bonchev–Trinajstić information content (AvgIpc) is 2.83. The van der Waals surface area contributed by atoms with E-state index in [2.05, 4.69) is 4.98 Å². The van der Waals surface area contributed by atoms with Crippen LogP contribution in [0, 0.1) is 6.92 Å². The van der Waals surface area contributed by atoms with Crippen LogP contribution in [0.3, 0.4) is 0 Å². The number of hydrogen-bond donors (Lipinski definition) is 1. The van der Waals surface area contributed by atoms with E-state index < -0.39 is 15.6 Å². The first-order chi connectivity index (χ1) is 15.9. The zero-order chi connectivity index (χ0) is 23.2. The molecule has 2 aromatic carbocycles. The molecule has 0 saturated carbocycles. The molecule has 1 aromatic heterocycles. The third-order valence-corrected chi connectivity index (χ3v) is 8.21. The molecular weight excluding hydrogens is 442 g/mol. The molecular formula is C24H25N3O5S. The Morgan fingerprint density at radius 2 is 1.85 bits per heavy atom. The van der Waals surface area contributed by atoms with Gasteiger partial charge in [0.05, 0.1) is 29.4 Å². The summed E-state index contributed by atoms with van der Waals surface area (Å²) in [7, 11) is -3.75. The van der Waals surface area contributed by atoms with Crippen LogP contribution in [-0.4, -0.2) is 56.5 Å². The highest BCUT2D eigenvalue weighted by atomic mass is 32.2. The van der Waals surface area contributed by atoms with Gasteiger partial charge >= 0.3 is 0 Å². The Kier molecular flexibility index (Phi) is 5.55. The van der Waals surface area contributed by atoms with Crippen molar-refractivity contribution >= 4 is 32.5 Å². The van der Waals surface area contributed by atoms with Crippen molar-refractivity contribution in [2.45, 2.75) is 24.7 Å². The van der Waals surface area contributed by atoms with Gasteiger partial charge in [0.15, 0.2) is 0 Å². The lowest BCUT2D eigenvalue weighted by molar-refractivity contribution is 0.0730. The van der Waals surface area contributed by atoms with Crippen molar-refractivity contribution in [2.24, 2.45) is 0 Å². The SMILES string of the molecule is Cc1cccc2c1N(C(=O)c1cc(=O)[nH]c3ccc(S(=O)(=O)N4CCOCC4)cc13)CCC2. The van der Waals surface area contributed by atoms with Crippen LogP contribution < -0.4 is 10.5 Å². The highest BCUT2D eigenvalue weighted by Gasteiger charge is 2.29. The second-order valence-corrected chi connectivity index (χ2v) is 10.4. The lowest BCUT2D eigenvalue weighted by atomic mass is 9.97. The number of benzene rings is 2. The fraction of sp³-hybridized carbons (Fsp3) is 0.333. The Hall–Kier alpha value is -3.01. The van der Waals surface area contributed by atoms with Gasteiger partial charge in [-0.3, -0.25) is 9.59 Å². The number of fused-ring (bicyclic) bond motifs is 2. The van der Waals surface area contributed by atoms with E-state index in [0.717, 1.165) is 29.7 Å². The Morgan fingerprint density at radius 1 is 1.06 bits per heavy atom. The second-order valence-electron chi connectivity index (χ2n) is 8.41. The summed E-state index contributed by atoms with van der Waals surface area (Å²) in [5.41, 5.74) is 3.18. The molecule has 1 saturated heterocycles. The van der Waals surface area contributed by atoms with E-state index in [-0.39, 0.29) is 29.5 Å². The number of nitrogens with zero attached hydrogens (tertiary/aromatic N) is 2. The van der Waals surface area contributed by atoms with Gasteiger partial charge in [-0.2, -0.15) is 4.31 Å². The molecule has 0 radical (unpaired) electrons. The summed E-state index contributed by atoms with van der Waals surface area (Å²) in [5.74, 6) is -0.303. The van der Waals surface area contributed by atoms with Crippen molar-refractivity contribution in [3.05, 3.63) is 69.5 Å². The Bertz CT molecular complexity index is 1410. The molecule has 0 bridgehead atoms. The maximum Gasteiger partial charge on any atom is 0.259 e. The minimum atomic E-state index is -3.75. The standard InChI is InChI=1S/C24H25N3O5S/c1-16-4-2-5-17-6-3-9-27(23(16)17)24(29)20-15-22(28)25-21-8-7-18(14-19(20)21)33(30,31)26-10-12-32-13-11-26/h2,4-5,7-8,14-15H,3,6,9-13H2,1H3,(H,25,28). The van der Waals surface area contributed by atoms with Gasteiger partial charge in [-0.05, 0) is 49.1 Å². The zero-order valence-corrected chi connectivity index (χ0v) is 19.2. The highest BCUT2D eigenvalue weighted by Crippen LogP contribution is 2.33. The van der Waals surface area contributed by atoms with Crippen molar-refractivity contribution in [3.8, 4) is 0 Å². The third kappa shape index (κ3) is 3.86. The van der Waals surface area contributed by atoms with Crippen LogP contribution in [0.15, 0.2) is 52.2 Å². The quantitative estimate of drug-likeness (QED) is 0.638. The van der Waals surface area contributed by atoms with Crippen LogP contribution in [0.25, 0.3) is 10.9 Å². The van der Waals surface area contributed by atoms with Gasteiger partial charge in [0.25, 0.3) is 5.91 Å². The molecule has 33 heavy (non-hydrogen) atoms. The molecule has 2 aliphatic rings. The van der Waals surface area contributed by atoms with Gasteiger partial charge in [0, 0.05) is 36.6 Å². The molecule has 172 valence electrons. The molecule has 0 unspecified atom stereocenters. The fourth-order valence-corrected chi connectivity index (χ4v) is 6.14. The number of hydrogen-bond acceptors (Lipinski definition) is 5. The maximum atomic E-state index is 13.7. The number of morpholine rings is 1. The molecule has 8 nitrogen and oxygen atoms in total. The topological polar surface area (TPSA) is 99.8 Å². The molecule has 0 atom stereocenters. The van der Waals surface area contributed by atoms with Crippen LogP contribution in [0.1, 0.15) is 27.9 Å². The number of nitrogens with one attached hydrogen (secondary N) is 1. The number of H-pyrrole nitrogens is 1. The van der Waals surface area contributed by atoms with E-state index in [1.165, 1.54) is 22.5 Å². The van der Waals surface area contributed by atoms with Crippen molar-refractivity contribution in [1.82, 2.24) is 9.29 Å². The van der Waals surface area contributed by atoms with Crippen LogP contribution in [0.2, 0.25) is 0 Å². The number of ether oxygens (including phenoxy) is 1. The number of aromatic nitrogens is 1. The van der Waals surface area contributed by atoms with Crippen LogP contribution >= 0.6 is 0 Å². The Morgan fingerprint density at radius 3 is 2.64 bits per heavy atom. The minimum Gasteiger partial charge on any atom is -0.379 e. The number of amides is 1. The predicted molar refractivity (Wildman–Crippen MR) is 125 cm³/mol. The minimum absolute atomic E-state index is 0.0909. The molecule has 2 aliphatic heterocycles. The van der Waals surface area contributed by atoms with Gasteiger partial charge in [-0.15, -0.1) is 0 Å². The molecule has 3 heterocycles. The number of aryl methyl sites for hydroxylation is 2. The molecule has 9 heteroatoms. The highest BCUT2D eigenvalue weighted by molar-refractivity contribution is 7.89. The van der Waals surface area contributed by atoms with Gasteiger partial charge < -0.3 is 14.6 Å². The van der Waals surface area contributed by atoms with Crippen molar-refractivity contribution < 1.29 is 17.9 Å². The first-order valence-corrected chi connectivity index (χ1v) is 12.5. The number of para-hydroxylation sites is 1. The number of anilines is 1. The lowest BCUT2D eigenvalue weighted by Gasteiger charge is -2.31. The van der Waals surface area contributed by atoms with Gasteiger partial charge in [0.1, 0.15) is 0 Å². The van der Waals surface area contributed by atoms with Crippen molar-refractivity contribution in [3.63, 3.8) is 0 Å². The third-order valence-electron chi connectivity index (χ3n) is 6.32. The smallest absolute Gasteiger partial charge is 0.259 e. The number of carbonyl (C=O) groups is 1. The number of pyridine rings is 1. The number of rotatable bonds is 3. The molecule has 0 aliphatic carbocycles. The summed E-state index contributed by atoms with van der Waals surface area (Å²) in [6.07, 6.45) is 1.71. The summed E-state index contributed by atoms with van der Waals surface area (Å²) < 4.78 is 33.0. The zero-order valence-electron chi connectivity index (χ0n) is 18.3. The van der Waals surface area contributed by atoms with E-state index in [9.17, 15) is 18.0 Å². The van der Waals surface area contributed by atoms with E-state index in [1.807, 2.05) is 25.1 Å². The van der Waals surface area contributed by atoms with Gasteiger partial charge in [-0.25, -0.2) is 8.42 Å². The van der Waals surface area contributed by atoms with Crippen molar-refractivity contribution in [1.29, 1.82) is 0 Å². The number of aromatic amines is 1. The van der Waals surface area contributed by atoms with E-state index >= 15 is 0 Å². The maximum absolute atomic E-state index is 13.7. The first-order valence-electron chi connectivity index (χ1n) is 11.0. The lowest BCUT2D eigenvalue weighted by Crippen LogP contribution is -2.40. The Labute approximate surface area is 191 Å². The molecule has 3 aromatic rings. The number of sulfonamides is 1. The number of carbonyl (C=O) groups excluding carboxylic acids is 1. The summed E-state index contributed by atoms with van der Waals surface area (Å²) in [6.45, 7) is 3.75. The second kappa shape index (κ2) is 8.40. The Balaban J connectivity index is 1.63. The van der Waals surface area contributed by atoms with E-state index in [4.69, 9.17) is 4.74 Å². The molecule has 5 rings (SSSR count). The van der Waals surface area contributed by atoms with Gasteiger partial charge in [0.2, 0.25) is 15.6 Å². The largest absolute Gasteiger partial charge is 0.379 e. The summed E-state index contributed by atoms with van der Waals surface area (Å²) in [5, 5.41) is 0.412. The molecule has 0 spiro atoms. The van der Waals surface area contributed by atoms with E-state index in [1.54, 1.807) is 11.0 Å². The molecule has 1 fully saturated rings.